The highest BCUT2D eigenvalue weighted by Gasteiger charge is 2.34. The summed E-state index contributed by atoms with van der Waals surface area (Å²) in [7, 11) is 0. The molecule has 6 heteroatoms. The topological polar surface area (TPSA) is 63.1 Å². The maximum atomic E-state index is 14.7. The van der Waals surface area contributed by atoms with Gasteiger partial charge in [-0.25, -0.2) is 9.07 Å². The van der Waals surface area contributed by atoms with E-state index < -0.39 is 11.4 Å². The van der Waals surface area contributed by atoms with Gasteiger partial charge in [0.2, 0.25) is 0 Å². The summed E-state index contributed by atoms with van der Waals surface area (Å²) in [5.74, 6) is -0.260. The highest BCUT2D eigenvalue weighted by atomic mass is 19.1. The Morgan fingerprint density at radius 1 is 1.13 bits per heavy atom. The van der Waals surface area contributed by atoms with E-state index in [2.05, 4.69) is 10.7 Å². The number of nitrogens with one attached hydrogen (secondary N) is 2. The number of amides is 1. The van der Waals surface area contributed by atoms with Crippen molar-refractivity contribution in [3.05, 3.63) is 81.5 Å². The van der Waals surface area contributed by atoms with Crippen molar-refractivity contribution in [1.82, 2.24) is 9.99 Å². The third kappa shape index (κ3) is 4.20. The Balaban J connectivity index is 1.81. The minimum atomic E-state index is -0.626. The Morgan fingerprint density at radius 2 is 1.84 bits per heavy atom. The molecule has 1 aliphatic rings. The molecule has 4 rings (SSSR count). The van der Waals surface area contributed by atoms with E-state index in [1.165, 1.54) is 16.8 Å². The van der Waals surface area contributed by atoms with Crippen LogP contribution in [0.2, 0.25) is 0 Å². The van der Waals surface area contributed by atoms with Crippen LogP contribution in [0.1, 0.15) is 54.3 Å². The lowest BCUT2D eigenvalue weighted by molar-refractivity contribution is 0.0932. The molecule has 1 atom stereocenters. The summed E-state index contributed by atoms with van der Waals surface area (Å²) < 4.78 is 16.0. The van der Waals surface area contributed by atoms with E-state index in [1.807, 2.05) is 44.2 Å². The van der Waals surface area contributed by atoms with Crippen molar-refractivity contribution in [3.63, 3.8) is 0 Å². The van der Waals surface area contributed by atoms with Crippen molar-refractivity contribution in [2.24, 2.45) is 11.8 Å². The van der Waals surface area contributed by atoms with Crippen LogP contribution < -0.4 is 16.3 Å². The Labute approximate surface area is 181 Å². The van der Waals surface area contributed by atoms with Gasteiger partial charge in [0.15, 0.2) is 0 Å². The first-order valence-electron chi connectivity index (χ1n) is 10.8. The number of rotatable bonds is 7. The molecule has 0 aliphatic heterocycles. The normalized spacial score (nSPS) is 14.6. The van der Waals surface area contributed by atoms with Crippen molar-refractivity contribution in [2.45, 2.75) is 39.7 Å². The predicted molar refractivity (Wildman–Crippen MR) is 121 cm³/mol. The number of aromatic nitrogens is 1. The number of carbonyl (C=O) groups excluding carboxylic acids is 1. The quantitative estimate of drug-likeness (QED) is 0.589. The molecule has 1 unspecified atom stereocenters. The van der Waals surface area contributed by atoms with Crippen molar-refractivity contribution in [3.8, 4) is 0 Å². The van der Waals surface area contributed by atoms with Gasteiger partial charge < -0.3 is 10.7 Å². The summed E-state index contributed by atoms with van der Waals surface area (Å²) in [6.45, 7) is 6.28. The second-order valence-corrected chi connectivity index (χ2v) is 8.72. The molecule has 162 valence electrons. The summed E-state index contributed by atoms with van der Waals surface area (Å²) in [5, 5.41) is 3.44. The molecule has 1 heterocycles. The minimum Gasteiger partial charge on any atom is -0.345 e. The zero-order valence-electron chi connectivity index (χ0n) is 18.1. The smallest absolute Gasteiger partial charge is 0.279 e. The fourth-order valence-corrected chi connectivity index (χ4v) is 4.05. The van der Waals surface area contributed by atoms with Crippen LogP contribution in [-0.2, 0) is 0 Å². The first-order chi connectivity index (χ1) is 14.9. The summed E-state index contributed by atoms with van der Waals surface area (Å²) in [6.07, 6.45) is 2.12. The average molecular weight is 422 g/mol. The summed E-state index contributed by atoms with van der Waals surface area (Å²) in [5.41, 5.74) is 4.45. The zero-order valence-corrected chi connectivity index (χ0v) is 18.1. The van der Waals surface area contributed by atoms with E-state index in [4.69, 9.17) is 0 Å². The van der Waals surface area contributed by atoms with Crippen LogP contribution >= 0.6 is 0 Å². The molecule has 1 fully saturated rings. The van der Waals surface area contributed by atoms with Crippen molar-refractivity contribution in [1.29, 1.82) is 0 Å². The second-order valence-electron chi connectivity index (χ2n) is 8.72. The number of halogens is 1. The molecule has 1 aliphatic carbocycles. The minimum absolute atomic E-state index is 0.0720. The van der Waals surface area contributed by atoms with Gasteiger partial charge in [0.05, 0.1) is 22.7 Å². The van der Waals surface area contributed by atoms with Crippen molar-refractivity contribution < 1.29 is 9.18 Å². The van der Waals surface area contributed by atoms with Gasteiger partial charge in [-0.3, -0.25) is 9.59 Å². The van der Waals surface area contributed by atoms with Gasteiger partial charge in [-0.05, 0) is 43.2 Å². The molecule has 2 N–H and O–H groups in total. The molecule has 2 aromatic carbocycles. The van der Waals surface area contributed by atoms with E-state index in [0.29, 0.717) is 29.1 Å². The molecule has 0 saturated heterocycles. The third-order valence-electron chi connectivity index (χ3n) is 5.82. The molecule has 0 radical (unpaired) electrons. The summed E-state index contributed by atoms with van der Waals surface area (Å²) in [4.78, 5) is 26.6. The standard InChI is InChI=1S/C25H28FN3O2/c1-15(2)14-27-29-16(3)21(19-10-7-11-20(26)22(19)25(29)31)24(30)28-23(18-12-13-18)17-8-5-4-6-9-17/h4-11,15,18,23,27H,12-14H2,1-3H3,(H,28,30). The van der Waals surface area contributed by atoms with Crippen LogP contribution in [-0.4, -0.2) is 17.1 Å². The fourth-order valence-electron chi connectivity index (χ4n) is 4.05. The maximum Gasteiger partial charge on any atom is 0.279 e. The predicted octanol–water partition coefficient (Wildman–Crippen LogP) is 4.53. The van der Waals surface area contributed by atoms with Gasteiger partial charge in [0.25, 0.3) is 11.5 Å². The van der Waals surface area contributed by atoms with Gasteiger partial charge >= 0.3 is 0 Å². The lowest BCUT2D eigenvalue weighted by atomic mass is 9.99. The molecule has 31 heavy (non-hydrogen) atoms. The van der Waals surface area contributed by atoms with Gasteiger partial charge in [0, 0.05) is 11.9 Å². The van der Waals surface area contributed by atoms with Crippen LogP contribution in [0.5, 0.6) is 0 Å². The number of hydrogen-bond donors (Lipinski definition) is 2. The number of benzene rings is 2. The molecule has 0 bridgehead atoms. The molecular weight excluding hydrogens is 393 g/mol. The first kappa shape index (κ1) is 21.1. The van der Waals surface area contributed by atoms with Crippen LogP contribution in [0.15, 0.2) is 53.3 Å². The molecule has 1 saturated carbocycles. The van der Waals surface area contributed by atoms with Gasteiger partial charge in [-0.15, -0.1) is 0 Å². The highest BCUT2D eigenvalue weighted by molar-refractivity contribution is 6.08. The number of hydrogen-bond acceptors (Lipinski definition) is 3. The molecule has 3 aromatic rings. The van der Waals surface area contributed by atoms with Crippen molar-refractivity contribution >= 4 is 16.7 Å². The highest BCUT2D eigenvalue weighted by Crippen LogP contribution is 2.41. The van der Waals surface area contributed by atoms with Gasteiger partial charge in [-0.1, -0.05) is 56.3 Å². The van der Waals surface area contributed by atoms with E-state index in [1.54, 1.807) is 13.0 Å². The third-order valence-corrected chi connectivity index (χ3v) is 5.82. The number of carbonyl (C=O) groups is 1. The van der Waals surface area contributed by atoms with Crippen LogP contribution in [0.25, 0.3) is 10.8 Å². The Hall–Kier alpha value is -3.15. The van der Waals surface area contributed by atoms with Crippen molar-refractivity contribution in [2.75, 3.05) is 12.0 Å². The molecule has 0 spiro atoms. The monoisotopic (exact) mass is 421 g/mol. The lowest BCUT2D eigenvalue weighted by Crippen LogP contribution is -2.37. The Bertz CT molecular complexity index is 1170. The van der Waals surface area contributed by atoms with Gasteiger partial charge in [0.1, 0.15) is 5.82 Å². The number of fused-ring (bicyclic) bond motifs is 1. The molecular formula is C25H28FN3O2. The Kier molecular flexibility index (Phi) is 5.81. The fraction of sp³-hybridized carbons (Fsp3) is 0.360. The van der Waals surface area contributed by atoms with E-state index in [-0.39, 0.29) is 23.3 Å². The average Bonchev–Trinajstić information content (AvgIpc) is 3.57. The Morgan fingerprint density at radius 3 is 2.48 bits per heavy atom. The number of pyridine rings is 1. The van der Waals surface area contributed by atoms with E-state index in [9.17, 15) is 14.0 Å². The summed E-state index contributed by atoms with van der Waals surface area (Å²) >= 11 is 0. The van der Waals surface area contributed by atoms with Crippen LogP contribution in [0.4, 0.5) is 4.39 Å². The lowest BCUT2D eigenvalue weighted by Gasteiger charge is -2.22. The van der Waals surface area contributed by atoms with E-state index >= 15 is 0 Å². The first-order valence-corrected chi connectivity index (χ1v) is 10.8. The van der Waals surface area contributed by atoms with Gasteiger partial charge in [-0.2, -0.15) is 0 Å². The van der Waals surface area contributed by atoms with E-state index in [0.717, 1.165) is 18.4 Å². The SMILES string of the molecule is Cc1c(C(=O)NC(c2ccccc2)C2CC2)c2cccc(F)c2c(=O)n1NCC(C)C. The molecule has 5 nitrogen and oxygen atoms in total. The van der Waals surface area contributed by atoms with Crippen LogP contribution in [0.3, 0.4) is 0 Å². The second kappa shape index (κ2) is 8.53. The van der Waals surface area contributed by atoms with Crippen LogP contribution in [0, 0.1) is 24.6 Å². The number of nitrogens with zero attached hydrogens (tertiary/aromatic N) is 1. The largest absolute Gasteiger partial charge is 0.345 e. The maximum absolute atomic E-state index is 14.7. The zero-order chi connectivity index (χ0) is 22.1. The molecule has 1 aromatic heterocycles. The summed E-state index contributed by atoms with van der Waals surface area (Å²) in [6, 6.07) is 14.2. The molecule has 1 amide bonds.